The number of allylic oxidation sites excluding steroid dienone is 1. The fourth-order valence-corrected chi connectivity index (χ4v) is 6.09. The van der Waals surface area contributed by atoms with E-state index in [0.29, 0.717) is 19.4 Å². The van der Waals surface area contributed by atoms with Crippen molar-refractivity contribution < 1.29 is 14.3 Å². The standard InChI is InChI=1S/C26H36N2O3/c1-6-9-10-23-27-22-16-21(19-11-13-20(30-5)14-12-19)18(4)25(15-7-2)17-26(22,31-23)28(8-3)24(25)29/h7,11-14,18,21,23H,2,6,8-10,15-17H2,1,3-5H3/t18-,21+,23-,25+,26+/m1/s1. The molecule has 1 saturated carbocycles. The summed E-state index contributed by atoms with van der Waals surface area (Å²) < 4.78 is 12.1. The quantitative estimate of drug-likeness (QED) is 0.531. The van der Waals surface area contributed by atoms with Crippen molar-refractivity contribution in [2.24, 2.45) is 16.3 Å². The Kier molecular flexibility index (Phi) is 5.99. The number of likely N-dealkylation sites (tertiary alicyclic amines) is 1. The topological polar surface area (TPSA) is 51.1 Å². The van der Waals surface area contributed by atoms with Crippen LogP contribution in [0, 0.1) is 11.3 Å². The van der Waals surface area contributed by atoms with Crippen LogP contribution >= 0.6 is 0 Å². The molecule has 2 fully saturated rings. The van der Waals surface area contributed by atoms with Crippen LogP contribution in [0.5, 0.6) is 5.75 Å². The molecule has 1 amide bonds. The lowest BCUT2D eigenvalue weighted by Crippen LogP contribution is -2.53. The lowest BCUT2D eigenvalue weighted by atomic mass is 9.66. The molecular formula is C26H36N2O3. The summed E-state index contributed by atoms with van der Waals surface area (Å²) in [4.78, 5) is 21.0. The van der Waals surface area contributed by atoms with Crippen molar-refractivity contribution in [2.75, 3.05) is 13.7 Å². The molecule has 0 radical (unpaired) electrons. The van der Waals surface area contributed by atoms with Crippen molar-refractivity contribution in [3.8, 4) is 5.75 Å². The fraction of sp³-hybridized carbons (Fsp3) is 0.615. The van der Waals surface area contributed by atoms with Gasteiger partial charge < -0.3 is 14.4 Å². The Labute approximate surface area is 186 Å². The third kappa shape index (κ3) is 3.32. The first-order chi connectivity index (χ1) is 15.0. The molecule has 4 rings (SSSR count). The number of hydrogen-bond acceptors (Lipinski definition) is 4. The molecule has 1 aromatic rings. The second kappa shape index (κ2) is 8.42. The second-order valence-corrected chi connectivity index (χ2v) is 9.32. The molecule has 5 heteroatoms. The maximum atomic E-state index is 14.0. The van der Waals surface area contributed by atoms with Gasteiger partial charge in [0, 0.05) is 13.0 Å². The van der Waals surface area contributed by atoms with Crippen LogP contribution in [-0.4, -0.2) is 42.1 Å². The summed E-state index contributed by atoms with van der Waals surface area (Å²) in [5.41, 5.74) is 1.08. The van der Waals surface area contributed by atoms with E-state index in [2.05, 4.69) is 39.5 Å². The lowest BCUT2D eigenvalue weighted by molar-refractivity contribution is -0.150. The Morgan fingerprint density at radius 1 is 1.32 bits per heavy atom. The number of benzene rings is 1. The number of methoxy groups -OCH3 is 1. The Balaban J connectivity index is 1.81. The molecule has 1 spiro atoms. The molecule has 0 aromatic heterocycles. The number of carbonyl (C=O) groups excluding carboxylic acids is 1. The number of fused-ring (bicyclic) bond motifs is 1. The van der Waals surface area contributed by atoms with Crippen molar-refractivity contribution in [2.45, 2.75) is 77.2 Å². The maximum Gasteiger partial charge on any atom is 0.232 e. The summed E-state index contributed by atoms with van der Waals surface area (Å²) in [6.07, 6.45) is 7.01. The minimum Gasteiger partial charge on any atom is -0.497 e. The van der Waals surface area contributed by atoms with Crippen LogP contribution in [0.15, 0.2) is 41.9 Å². The first-order valence-corrected chi connectivity index (χ1v) is 11.8. The Morgan fingerprint density at radius 2 is 2.06 bits per heavy atom. The molecule has 168 valence electrons. The Morgan fingerprint density at radius 3 is 2.68 bits per heavy atom. The molecular weight excluding hydrogens is 388 g/mol. The molecule has 1 aliphatic carbocycles. The Bertz CT molecular complexity index is 864. The first-order valence-electron chi connectivity index (χ1n) is 11.8. The van der Waals surface area contributed by atoms with Crippen molar-refractivity contribution in [3.63, 3.8) is 0 Å². The van der Waals surface area contributed by atoms with Gasteiger partial charge in [0.05, 0.1) is 18.2 Å². The lowest BCUT2D eigenvalue weighted by Gasteiger charge is -2.39. The zero-order valence-electron chi connectivity index (χ0n) is 19.4. The third-order valence-corrected chi connectivity index (χ3v) is 7.81. The summed E-state index contributed by atoms with van der Waals surface area (Å²) in [5.74, 6) is 1.39. The average Bonchev–Trinajstić information content (AvgIpc) is 3.21. The highest BCUT2D eigenvalue weighted by Gasteiger charge is 2.68. The summed E-state index contributed by atoms with van der Waals surface area (Å²) in [6.45, 7) is 11.1. The van der Waals surface area contributed by atoms with Gasteiger partial charge >= 0.3 is 0 Å². The van der Waals surface area contributed by atoms with Gasteiger partial charge in [-0.05, 0) is 62.1 Å². The Hall–Kier alpha value is -2.14. The average molecular weight is 425 g/mol. The molecule has 2 bridgehead atoms. The summed E-state index contributed by atoms with van der Waals surface area (Å²) in [6, 6.07) is 8.30. The van der Waals surface area contributed by atoms with Gasteiger partial charge in [-0.1, -0.05) is 38.5 Å². The zero-order valence-corrected chi connectivity index (χ0v) is 19.4. The monoisotopic (exact) mass is 424 g/mol. The van der Waals surface area contributed by atoms with E-state index in [4.69, 9.17) is 14.5 Å². The van der Waals surface area contributed by atoms with Crippen LogP contribution in [0.3, 0.4) is 0 Å². The van der Waals surface area contributed by atoms with Crippen molar-refractivity contribution in [3.05, 3.63) is 42.5 Å². The number of ether oxygens (including phenoxy) is 2. The number of unbranched alkanes of at least 4 members (excludes halogenated alkanes) is 1. The normalized spacial score (nSPS) is 34.3. The third-order valence-electron chi connectivity index (χ3n) is 7.81. The van der Waals surface area contributed by atoms with Crippen molar-refractivity contribution in [1.29, 1.82) is 0 Å². The summed E-state index contributed by atoms with van der Waals surface area (Å²) in [7, 11) is 1.68. The number of amides is 1. The molecule has 3 aliphatic rings. The van der Waals surface area contributed by atoms with E-state index in [1.807, 2.05) is 23.1 Å². The highest BCUT2D eigenvalue weighted by molar-refractivity contribution is 6.02. The largest absolute Gasteiger partial charge is 0.497 e. The van der Waals surface area contributed by atoms with Gasteiger partial charge in [0.1, 0.15) is 5.75 Å². The molecule has 1 aromatic carbocycles. The van der Waals surface area contributed by atoms with E-state index in [1.165, 1.54) is 5.56 Å². The van der Waals surface area contributed by atoms with Gasteiger partial charge in [0.15, 0.2) is 12.0 Å². The van der Waals surface area contributed by atoms with Crippen LogP contribution < -0.4 is 4.74 Å². The number of hydrogen-bond donors (Lipinski definition) is 0. The van der Waals surface area contributed by atoms with Crippen LogP contribution in [0.4, 0.5) is 0 Å². The van der Waals surface area contributed by atoms with Crippen LogP contribution in [-0.2, 0) is 9.53 Å². The van der Waals surface area contributed by atoms with E-state index < -0.39 is 11.1 Å². The molecule has 31 heavy (non-hydrogen) atoms. The molecule has 2 aliphatic heterocycles. The number of nitrogens with zero attached hydrogens (tertiary/aromatic N) is 2. The van der Waals surface area contributed by atoms with Gasteiger partial charge in [-0.15, -0.1) is 6.58 Å². The maximum absolute atomic E-state index is 14.0. The highest BCUT2D eigenvalue weighted by atomic mass is 16.6. The molecule has 0 unspecified atom stereocenters. The van der Waals surface area contributed by atoms with Gasteiger partial charge in [-0.3, -0.25) is 9.79 Å². The molecule has 1 saturated heterocycles. The minimum absolute atomic E-state index is 0.144. The predicted octanol–water partition coefficient (Wildman–Crippen LogP) is 5.32. The minimum atomic E-state index is -0.692. The second-order valence-electron chi connectivity index (χ2n) is 9.32. The smallest absolute Gasteiger partial charge is 0.232 e. The fourth-order valence-electron chi connectivity index (χ4n) is 6.09. The zero-order chi connectivity index (χ0) is 22.2. The number of carbonyl (C=O) groups is 1. The van der Waals surface area contributed by atoms with Crippen LogP contribution in [0.2, 0.25) is 0 Å². The van der Waals surface area contributed by atoms with Crippen molar-refractivity contribution >= 4 is 11.6 Å². The van der Waals surface area contributed by atoms with Crippen LogP contribution in [0.1, 0.15) is 70.8 Å². The highest BCUT2D eigenvalue weighted by Crippen LogP contribution is 2.60. The van der Waals surface area contributed by atoms with Crippen molar-refractivity contribution in [1.82, 2.24) is 4.90 Å². The SMILES string of the molecule is C=CC[C@]12C[C@@]3(O[C@H](CCCC)N=C3C[C@H](c3ccc(OC)cc3)[C@H]1C)N(CC)C2=O. The number of rotatable bonds is 8. The molecule has 5 atom stereocenters. The molecule has 5 nitrogen and oxygen atoms in total. The predicted molar refractivity (Wildman–Crippen MR) is 123 cm³/mol. The summed E-state index contributed by atoms with van der Waals surface area (Å²) in [5, 5.41) is 0. The van der Waals surface area contributed by atoms with E-state index in [9.17, 15) is 4.79 Å². The first kappa shape index (κ1) is 22.1. The number of aliphatic imine (C=N–C) groups is 1. The van der Waals surface area contributed by atoms with E-state index >= 15 is 0 Å². The van der Waals surface area contributed by atoms with Crippen LogP contribution in [0.25, 0.3) is 0 Å². The van der Waals surface area contributed by atoms with E-state index in [1.54, 1.807) is 7.11 Å². The van der Waals surface area contributed by atoms with Gasteiger partial charge in [-0.25, -0.2) is 0 Å². The van der Waals surface area contributed by atoms with E-state index in [0.717, 1.165) is 37.1 Å². The van der Waals surface area contributed by atoms with Gasteiger partial charge in [-0.2, -0.15) is 0 Å². The van der Waals surface area contributed by atoms with Gasteiger partial charge in [0.2, 0.25) is 5.91 Å². The molecule has 0 N–H and O–H groups in total. The van der Waals surface area contributed by atoms with Gasteiger partial charge in [0.25, 0.3) is 0 Å². The van der Waals surface area contributed by atoms with E-state index in [-0.39, 0.29) is 24.0 Å². The summed E-state index contributed by atoms with van der Waals surface area (Å²) >= 11 is 0. The molecule has 2 heterocycles.